The predicted octanol–water partition coefficient (Wildman–Crippen LogP) is 3.07. The summed E-state index contributed by atoms with van der Waals surface area (Å²) < 4.78 is 5.96. The Kier molecular flexibility index (Phi) is 9.16. The van der Waals surface area contributed by atoms with Crippen molar-refractivity contribution in [2.75, 3.05) is 40.3 Å². The number of rotatable bonds is 10. The molecule has 1 aliphatic rings. The van der Waals surface area contributed by atoms with Crippen molar-refractivity contribution in [3.8, 4) is 0 Å². The summed E-state index contributed by atoms with van der Waals surface area (Å²) in [6, 6.07) is 0. The highest BCUT2D eigenvalue weighted by Gasteiger charge is 2.23. The second-order valence-corrected chi connectivity index (χ2v) is 6.43. The summed E-state index contributed by atoms with van der Waals surface area (Å²) in [4.78, 5) is 14.5. The molecule has 128 valence electrons. The number of ether oxygens (including phenoxy) is 1. The van der Waals surface area contributed by atoms with Gasteiger partial charge in [0.25, 0.3) is 0 Å². The number of carbonyl (C=O) groups is 1. The Morgan fingerprint density at radius 3 is 2.55 bits per heavy atom. The van der Waals surface area contributed by atoms with Gasteiger partial charge in [-0.2, -0.15) is 0 Å². The lowest BCUT2D eigenvalue weighted by Crippen LogP contribution is -2.33. The quantitative estimate of drug-likeness (QED) is 0.497. The molecule has 0 saturated heterocycles. The third-order valence-electron chi connectivity index (χ3n) is 4.38. The van der Waals surface area contributed by atoms with Gasteiger partial charge in [-0.15, -0.1) is 6.58 Å². The second-order valence-electron chi connectivity index (χ2n) is 6.43. The van der Waals surface area contributed by atoms with E-state index in [0.717, 1.165) is 58.2 Å². The van der Waals surface area contributed by atoms with Crippen molar-refractivity contribution < 1.29 is 14.6 Å². The van der Waals surface area contributed by atoms with Gasteiger partial charge in [0, 0.05) is 26.7 Å². The minimum atomic E-state index is -0.834. The Labute approximate surface area is 134 Å². The first-order chi connectivity index (χ1) is 10.5. The van der Waals surface area contributed by atoms with E-state index in [2.05, 4.69) is 18.5 Å². The van der Waals surface area contributed by atoms with Crippen LogP contribution in [0.5, 0.6) is 0 Å². The van der Waals surface area contributed by atoms with Crippen molar-refractivity contribution in [2.45, 2.75) is 44.6 Å². The zero-order chi connectivity index (χ0) is 16.4. The number of amides is 1. The van der Waals surface area contributed by atoms with Crippen LogP contribution < -0.4 is 0 Å². The maximum atomic E-state index is 10.8. The summed E-state index contributed by atoms with van der Waals surface area (Å²) in [5.41, 5.74) is 0. The maximum Gasteiger partial charge on any atom is 0.407 e. The standard InChI is InChI=1S/C17H32N2O3/c1-4-11-18(2)12-5-6-13-22-16-9-7-15(8-10-16)14-19(3)17(20)21/h4,15-16H,1,5-14H2,2-3H3,(H,20,21). The van der Waals surface area contributed by atoms with Gasteiger partial charge in [0.2, 0.25) is 0 Å². The van der Waals surface area contributed by atoms with Crippen molar-refractivity contribution in [1.29, 1.82) is 0 Å². The molecule has 1 aliphatic carbocycles. The summed E-state index contributed by atoms with van der Waals surface area (Å²) in [6.45, 7) is 7.26. The Morgan fingerprint density at radius 1 is 1.27 bits per heavy atom. The highest BCUT2D eigenvalue weighted by molar-refractivity contribution is 5.64. The smallest absolute Gasteiger partial charge is 0.407 e. The topological polar surface area (TPSA) is 53.0 Å². The molecular formula is C17H32N2O3. The Bertz CT molecular complexity index is 328. The van der Waals surface area contributed by atoms with Crippen LogP contribution in [0.15, 0.2) is 12.7 Å². The molecule has 1 saturated carbocycles. The van der Waals surface area contributed by atoms with Crippen molar-refractivity contribution in [3.05, 3.63) is 12.7 Å². The summed E-state index contributed by atoms with van der Waals surface area (Å²) >= 11 is 0. The van der Waals surface area contributed by atoms with Crippen LogP contribution in [-0.4, -0.2) is 67.4 Å². The van der Waals surface area contributed by atoms with Gasteiger partial charge in [0.05, 0.1) is 6.10 Å². The van der Waals surface area contributed by atoms with Crippen molar-refractivity contribution >= 4 is 6.09 Å². The molecule has 22 heavy (non-hydrogen) atoms. The van der Waals surface area contributed by atoms with E-state index in [1.54, 1.807) is 7.05 Å². The Morgan fingerprint density at radius 2 is 1.95 bits per heavy atom. The first-order valence-corrected chi connectivity index (χ1v) is 8.38. The maximum absolute atomic E-state index is 10.8. The predicted molar refractivity (Wildman–Crippen MR) is 89.3 cm³/mol. The molecule has 0 aliphatic heterocycles. The molecule has 0 heterocycles. The van der Waals surface area contributed by atoms with Gasteiger partial charge in [0.15, 0.2) is 0 Å². The number of unbranched alkanes of at least 4 members (excludes halogenated alkanes) is 1. The van der Waals surface area contributed by atoms with E-state index in [9.17, 15) is 4.79 Å². The zero-order valence-corrected chi connectivity index (χ0v) is 14.2. The largest absolute Gasteiger partial charge is 0.465 e. The Hall–Kier alpha value is -1.07. The molecule has 1 amide bonds. The molecule has 5 heteroatoms. The fourth-order valence-corrected chi connectivity index (χ4v) is 2.99. The van der Waals surface area contributed by atoms with Gasteiger partial charge in [0.1, 0.15) is 0 Å². The van der Waals surface area contributed by atoms with E-state index in [-0.39, 0.29) is 0 Å². The van der Waals surface area contributed by atoms with Gasteiger partial charge in [-0.05, 0) is 58.0 Å². The molecule has 0 radical (unpaired) electrons. The lowest BCUT2D eigenvalue weighted by Gasteiger charge is -2.30. The van der Waals surface area contributed by atoms with Gasteiger partial charge in [-0.1, -0.05) is 6.08 Å². The molecule has 1 fully saturated rings. The molecule has 0 atom stereocenters. The highest BCUT2D eigenvalue weighted by atomic mass is 16.5. The average molecular weight is 312 g/mol. The molecule has 0 aromatic rings. The van der Waals surface area contributed by atoms with Gasteiger partial charge < -0.3 is 19.6 Å². The number of carboxylic acid groups (broad SMARTS) is 1. The molecule has 0 unspecified atom stereocenters. The number of likely N-dealkylation sites (N-methyl/N-ethyl adjacent to an activating group) is 1. The molecule has 0 bridgehead atoms. The van der Waals surface area contributed by atoms with Crippen molar-refractivity contribution in [3.63, 3.8) is 0 Å². The van der Waals surface area contributed by atoms with E-state index < -0.39 is 6.09 Å². The van der Waals surface area contributed by atoms with Crippen LogP contribution in [-0.2, 0) is 4.74 Å². The van der Waals surface area contributed by atoms with Gasteiger partial charge >= 0.3 is 6.09 Å². The van der Waals surface area contributed by atoms with E-state index in [0.29, 0.717) is 18.6 Å². The number of hydrogen-bond donors (Lipinski definition) is 1. The summed E-state index contributed by atoms with van der Waals surface area (Å²) in [5.74, 6) is 0.494. The lowest BCUT2D eigenvalue weighted by molar-refractivity contribution is 0.0130. The molecular weight excluding hydrogens is 280 g/mol. The SMILES string of the molecule is C=CCN(C)CCCCOC1CCC(CN(C)C(=O)O)CC1. The molecule has 0 aromatic carbocycles. The summed E-state index contributed by atoms with van der Waals surface area (Å²) in [5, 5.41) is 8.90. The summed E-state index contributed by atoms with van der Waals surface area (Å²) in [7, 11) is 3.76. The normalized spacial score (nSPS) is 21.8. The van der Waals surface area contributed by atoms with Crippen LogP contribution in [0.3, 0.4) is 0 Å². The monoisotopic (exact) mass is 312 g/mol. The van der Waals surface area contributed by atoms with E-state index in [1.807, 2.05) is 6.08 Å². The van der Waals surface area contributed by atoms with Crippen molar-refractivity contribution in [1.82, 2.24) is 9.80 Å². The molecule has 0 aromatic heterocycles. The average Bonchev–Trinajstić information content (AvgIpc) is 2.48. The van der Waals surface area contributed by atoms with Crippen LogP contribution in [0.4, 0.5) is 4.79 Å². The minimum Gasteiger partial charge on any atom is -0.465 e. The first kappa shape index (κ1) is 19.0. The number of nitrogens with zero attached hydrogens (tertiary/aromatic N) is 2. The van der Waals surface area contributed by atoms with Crippen molar-refractivity contribution in [2.24, 2.45) is 5.92 Å². The second kappa shape index (κ2) is 10.6. The fourth-order valence-electron chi connectivity index (χ4n) is 2.99. The highest BCUT2D eigenvalue weighted by Crippen LogP contribution is 2.26. The van der Waals surface area contributed by atoms with Crippen LogP contribution in [0.25, 0.3) is 0 Å². The lowest BCUT2D eigenvalue weighted by atomic mass is 9.87. The Balaban J connectivity index is 2.03. The molecule has 5 nitrogen and oxygen atoms in total. The first-order valence-electron chi connectivity index (χ1n) is 8.38. The number of hydrogen-bond acceptors (Lipinski definition) is 3. The zero-order valence-electron chi connectivity index (χ0n) is 14.2. The minimum absolute atomic E-state index is 0.372. The molecule has 1 rings (SSSR count). The third-order valence-corrected chi connectivity index (χ3v) is 4.38. The van der Waals surface area contributed by atoms with Crippen LogP contribution in [0.2, 0.25) is 0 Å². The van der Waals surface area contributed by atoms with Gasteiger partial charge in [-0.3, -0.25) is 0 Å². The van der Waals surface area contributed by atoms with Crippen LogP contribution in [0, 0.1) is 5.92 Å². The van der Waals surface area contributed by atoms with E-state index in [4.69, 9.17) is 9.84 Å². The summed E-state index contributed by atoms with van der Waals surface area (Å²) in [6.07, 6.45) is 8.00. The van der Waals surface area contributed by atoms with Crippen LogP contribution in [0.1, 0.15) is 38.5 Å². The van der Waals surface area contributed by atoms with E-state index in [1.165, 1.54) is 4.90 Å². The molecule has 0 spiro atoms. The molecule has 1 N–H and O–H groups in total. The van der Waals surface area contributed by atoms with Gasteiger partial charge in [-0.25, -0.2) is 4.79 Å². The van der Waals surface area contributed by atoms with Crippen LogP contribution >= 0.6 is 0 Å². The van der Waals surface area contributed by atoms with E-state index >= 15 is 0 Å². The fraction of sp³-hybridized carbons (Fsp3) is 0.824. The third kappa shape index (κ3) is 7.80.